The molecule has 0 aliphatic heterocycles. The van der Waals surface area contributed by atoms with Crippen molar-refractivity contribution < 1.29 is 14.5 Å². The Balaban J connectivity index is 2.15. The van der Waals surface area contributed by atoms with Crippen LogP contribution in [-0.2, 0) is 11.2 Å². The third kappa shape index (κ3) is 4.35. The van der Waals surface area contributed by atoms with Gasteiger partial charge in [-0.25, -0.2) is 0 Å². The van der Waals surface area contributed by atoms with E-state index in [2.05, 4.69) is 5.32 Å². The SMILES string of the molecule is CCc1cccc(C)c1NC(=O)COc1c(C)cc(C)cc1[N+](=O)[O-]. The molecule has 0 aliphatic carbocycles. The molecule has 6 nitrogen and oxygen atoms in total. The minimum absolute atomic E-state index is 0.129. The first-order valence-corrected chi connectivity index (χ1v) is 8.10. The fourth-order valence-corrected chi connectivity index (χ4v) is 2.77. The summed E-state index contributed by atoms with van der Waals surface area (Å²) < 4.78 is 5.48. The predicted octanol–water partition coefficient (Wildman–Crippen LogP) is 4.10. The van der Waals surface area contributed by atoms with Gasteiger partial charge in [0.25, 0.3) is 5.91 Å². The number of nitro benzene ring substituents is 1. The number of nitro groups is 1. The Kier molecular flexibility index (Phi) is 5.75. The highest BCUT2D eigenvalue weighted by atomic mass is 16.6. The zero-order valence-electron chi connectivity index (χ0n) is 14.9. The third-order valence-electron chi connectivity index (χ3n) is 3.95. The van der Waals surface area contributed by atoms with Crippen LogP contribution in [0.25, 0.3) is 0 Å². The van der Waals surface area contributed by atoms with E-state index < -0.39 is 4.92 Å². The molecule has 1 amide bonds. The quantitative estimate of drug-likeness (QED) is 0.633. The van der Waals surface area contributed by atoms with E-state index in [4.69, 9.17) is 4.74 Å². The lowest BCUT2D eigenvalue weighted by atomic mass is 10.1. The maximum absolute atomic E-state index is 12.3. The summed E-state index contributed by atoms with van der Waals surface area (Å²) in [6, 6.07) is 9.05. The molecule has 0 saturated heterocycles. The van der Waals surface area contributed by atoms with Gasteiger partial charge in [0.2, 0.25) is 5.75 Å². The first-order chi connectivity index (χ1) is 11.8. The van der Waals surface area contributed by atoms with E-state index in [9.17, 15) is 14.9 Å². The molecular formula is C19H22N2O4. The maximum atomic E-state index is 12.3. The van der Waals surface area contributed by atoms with Gasteiger partial charge in [0.1, 0.15) is 0 Å². The minimum Gasteiger partial charge on any atom is -0.477 e. The van der Waals surface area contributed by atoms with E-state index in [0.717, 1.165) is 28.8 Å². The molecule has 0 heterocycles. The van der Waals surface area contributed by atoms with Crippen LogP contribution in [0.5, 0.6) is 5.75 Å². The summed E-state index contributed by atoms with van der Waals surface area (Å²) in [7, 11) is 0. The number of carbonyl (C=O) groups excluding carboxylic acids is 1. The van der Waals surface area contributed by atoms with Gasteiger partial charge in [0, 0.05) is 11.8 Å². The van der Waals surface area contributed by atoms with Crippen LogP contribution in [0.1, 0.15) is 29.2 Å². The average molecular weight is 342 g/mol. The lowest BCUT2D eigenvalue weighted by molar-refractivity contribution is -0.385. The Morgan fingerprint density at radius 2 is 1.92 bits per heavy atom. The fraction of sp³-hybridized carbons (Fsp3) is 0.316. The van der Waals surface area contributed by atoms with Gasteiger partial charge in [-0.15, -0.1) is 0 Å². The van der Waals surface area contributed by atoms with Crippen molar-refractivity contribution in [1.29, 1.82) is 0 Å². The summed E-state index contributed by atoms with van der Waals surface area (Å²) in [6.07, 6.45) is 0.792. The van der Waals surface area contributed by atoms with Crippen molar-refractivity contribution >= 4 is 17.3 Å². The van der Waals surface area contributed by atoms with Crippen LogP contribution >= 0.6 is 0 Å². The Labute approximate surface area is 147 Å². The first-order valence-electron chi connectivity index (χ1n) is 8.10. The van der Waals surface area contributed by atoms with Crippen LogP contribution in [0, 0.1) is 30.9 Å². The number of amides is 1. The van der Waals surface area contributed by atoms with E-state index >= 15 is 0 Å². The summed E-state index contributed by atoms with van der Waals surface area (Å²) in [6.45, 7) is 7.15. The molecule has 0 unspecified atom stereocenters. The van der Waals surface area contributed by atoms with Gasteiger partial charge >= 0.3 is 5.69 Å². The second-order valence-electron chi connectivity index (χ2n) is 5.99. The molecule has 1 N–H and O–H groups in total. The van der Waals surface area contributed by atoms with Gasteiger partial charge < -0.3 is 10.1 Å². The second kappa shape index (κ2) is 7.79. The molecule has 2 aromatic carbocycles. The molecule has 0 fully saturated rings. The Morgan fingerprint density at radius 1 is 1.20 bits per heavy atom. The Bertz CT molecular complexity index is 815. The second-order valence-corrected chi connectivity index (χ2v) is 5.99. The molecule has 6 heteroatoms. The zero-order valence-corrected chi connectivity index (χ0v) is 14.9. The summed E-state index contributed by atoms with van der Waals surface area (Å²) in [5, 5.41) is 14.1. The molecule has 0 spiro atoms. The number of ether oxygens (including phenoxy) is 1. The van der Waals surface area contributed by atoms with Crippen molar-refractivity contribution in [3.8, 4) is 5.75 Å². The highest BCUT2D eigenvalue weighted by Gasteiger charge is 2.20. The van der Waals surface area contributed by atoms with Crippen molar-refractivity contribution in [2.45, 2.75) is 34.1 Å². The van der Waals surface area contributed by atoms with E-state index in [-0.39, 0.29) is 24.0 Å². The van der Waals surface area contributed by atoms with E-state index in [1.54, 1.807) is 19.9 Å². The Morgan fingerprint density at radius 3 is 2.56 bits per heavy atom. The highest BCUT2D eigenvalue weighted by molar-refractivity contribution is 5.93. The number of aryl methyl sites for hydroxylation is 4. The summed E-state index contributed by atoms with van der Waals surface area (Å²) in [4.78, 5) is 23.0. The molecule has 25 heavy (non-hydrogen) atoms. The topological polar surface area (TPSA) is 81.5 Å². The number of rotatable bonds is 6. The summed E-state index contributed by atoms with van der Waals surface area (Å²) in [5.41, 5.74) is 4.04. The molecule has 0 saturated carbocycles. The predicted molar refractivity (Wildman–Crippen MR) is 97.3 cm³/mol. The van der Waals surface area contributed by atoms with Crippen molar-refractivity contribution in [3.05, 3.63) is 62.7 Å². The molecule has 2 aromatic rings. The van der Waals surface area contributed by atoms with Gasteiger partial charge in [0.05, 0.1) is 4.92 Å². The molecule has 0 aromatic heterocycles. The summed E-state index contributed by atoms with van der Waals surface area (Å²) in [5.74, 6) is -0.218. The van der Waals surface area contributed by atoms with Crippen LogP contribution in [0.15, 0.2) is 30.3 Å². The number of hydrogen-bond acceptors (Lipinski definition) is 4. The molecule has 0 radical (unpaired) electrons. The molecule has 0 aliphatic rings. The summed E-state index contributed by atoms with van der Waals surface area (Å²) >= 11 is 0. The zero-order chi connectivity index (χ0) is 18.6. The lowest BCUT2D eigenvalue weighted by Gasteiger charge is -2.14. The van der Waals surface area contributed by atoms with Gasteiger partial charge in [-0.1, -0.05) is 31.2 Å². The highest BCUT2D eigenvalue weighted by Crippen LogP contribution is 2.32. The molecule has 0 bridgehead atoms. The van der Waals surface area contributed by atoms with E-state index in [1.165, 1.54) is 6.07 Å². The number of nitrogens with one attached hydrogen (secondary N) is 1. The standard InChI is InChI=1S/C19H22N2O4/c1-5-15-8-6-7-13(3)18(15)20-17(22)11-25-19-14(4)9-12(2)10-16(19)21(23)24/h6-10H,5,11H2,1-4H3,(H,20,22). The fourth-order valence-electron chi connectivity index (χ4n) is 2.77. The van der Waals surface area contributed by atoms with Crippen molar-refractivity contribution in [1.82, 2.24) is 0 Å². The van der Waals surface area contributed by atoms with Gasteiger partial charge in [-0.05, 0) is 49.4 Å². The van der Waals surface area contributed by atoms with E-state index in [0.29, 0.717) is 5.56 Å². The van der Waals surface area contributed by atoms with Crippen molar-refractivity contribution in [2.75, 3.05) is 11.9 Å². The average Bonchev–Trinajstić information content (AvgIpc) is 2.55. The van der Waals surface area contributed by atoms with Crippen LogP contribution in [0.3, 0.4) is 0 Å². The molecular weight excluding hydrogens is 320 g/mol. The number of nitrogens with zero attached hydrogens (tertiary/aromatic N) is 1. The van der Waals surface area contributed by atoms with Gasteiger partial charge in [-0.2, -0.15) is 0 Å². The number of carbonyl (C=O) groups is 1. The normalized spacial score (nSPS) is 10.4. The molecule has 0 atom stereocenters. The van der Waals surface area contributed by atoms with Crippen LogP contribution in [0.4, 0.5) is 11.4 Å². The molecule has 2 rings (SSSR count). The maximum Gasteiger partial charge on any atom is 0.311 e. The largest absolute Gasteiger partial charge is 0.477 e. The van der Waals surface area contributed by atoms with Crippen LogP contribution < -0.4 is 10.1 Å². The number of anilines is 1. The van der Waals surface area contributed by atoms with Crippen LogP contribution in [-0.4, -0.2) is 17.4 Å². The van der Waals surface area contributed by atoms with Gasteiger partial charge in [-0.3, -0.25) is 14.9 Å². The number of benzene rings is 2. The Hall–Kier alpha value is -2.89. The monoisotopic (exact) mass is 342 g/mol. The minimum atomic E-state index is -0.496. The first kappa shape index (κ1) is 18.4. The van der Waals surface area contributed by atoms with Crippen molar-refractivity contribution in [2.24, 2.45) is 0 Å². The molecule has 132 valence electrons. The van der Waals surface area contributed by atoms with Crippen molar-refractivity contribution in [3.63, 3.8) is 0 Å². The van der Waals surface area contributed by atoms with E-state index in [1.807, 2.05) is 32.0 Å². The smallest absolute Gasteiger partial charge is 0.311 e. The third-order valence-corrected chi connectivity index (χ3v) is 3.95. The number of para-hydroxylation sites is 1. The van der Waals surface area contributed by atoms with Gasteiger partial charge in [0.15, 0.2) is 6.61 Å². The lowest BCUT2D eigenvalue weighted by Crippen LogP contribution is -2.22. The number of hydrogen-bond donors (Lipinski definition) is 1. The van der Waals surface area contributed by atoms with Crippen LogP contribution in [0.2, 0.25) is 0 Å².